The number of aliphatic carboxylic acids is 1. The molecular formula is C24H29NO6. The molecule has 2 aromatic carbocycles. The van der Waals surface area contributed by atoms with Gasteiger partial charge < -0.3 is 24.4 Å². The third-order valence-corrected chi connectivity index (χ3v) is 5.44. The van der Waals surface area contributed by atoms with E-state index in [1.165, 1.54) is 7.11 Å². The van der Waals surface area contributed by atoms with E-state index in [0.717, 1.165) is 16.7 Å². The number of phenolic OH excluding ortho intramolecular Hbond substituents is 1. The van der Waals surface area contributed by atoms with Gasteiger partial charge in [0.05, 0.1) is 20.8 Å². The summed E-state index contributed by atoms with van der Waals surface area (Å²) < 4.78 is 17.3. The first-order chi connectivity index (χ1) is 14.8. The molecule has 0 aromatic heterocycles. The molecule has 0 bridgehead atoms. The van der Waals surface area contributed by atoms with Gasteiger partial charge in [-0.3, -0.25) is 9.69 Å². The van der Waals surface area contributed by atoms with E-state index in [1.807, 2.05) is 31.2 Å². The maximum atomic E-state index is 11.0. The van der Waals surface area contributed by atoms with Crippen molar-refractivity contribution in [3.05, 3.63) is 52.6 Å². The van der Waals surface area contributed by atoms with E-state index in [9.17, 15) is 9.90 Å². The van der Waals surface area contributed by atoms with E-state index < -0.39 is 5.97 Å². The van der Waals surface area contributed by atoms with Gasteiger partial charge in [-0.1, -0.05) is 19.1 Å². The lowest BCUT2D eigenvalue weighted by Crippen LogP contribution is -2.25. The van der Waals surface area contributed by atoms with Gasteiger partial charge in [-0.05, 0) is 49.4 Å². The van der Waals surface area contributed by atoms with E-state index in [4.69, 9.17) is 19.3 Å². The van der Waals surface area contributed by atoms with Crippen molar-refractivity contribution in [3.63, 3.8) is 0 Å². The van der Waals surface area contributed by atoms with Crippen molar-refractivity contribution in [2.75, 3.05) is 27.8 Å². The van der Waals surface area contributed by atoms with Gasteiger partial charge >= 0.3 is 5.97 Å². The fourth-order valence-corrected chi connectivity index (χ4v) is 4.01. The highest BCUT2D eigenvalue weighted by Gasteiger charge is 2.36. The van der Waals surface area contributed by atoms with Crippen molar-refractivity contribution in [1.29, 1.82) is 0 Å². The summed E-state index contributed by atoms with van der Waals surface area (Å²) in [6.07, 6.45) is 3.69. The summed E-state index contributed by atoms with van der Waals surface area (Å²) in [4.78, 5) is 12.6. The third kappa shape index (κ3) is 4.61. The Labute approximate surface area is 182 Å². The predicted molar refractivity (Wildman–Crippen MR) is 118 cm³/mol. The van der Waals surface area contributed by atoms with Crippen LogP contribution in [0.25, 0.3) is 6.08 Å². The second kappa shape index (κ2) is 9.31. The highest BCUT2D eigenvalue weighted by Crippen LogP contribution is 2.51. The van der Waals surface area contributed by atoms with E-state index in [0.29, 0.717) is 22.8 Å². The van der Waals surface area contributed by atoms with E-state index in [1.54, 1.807) is 25.1 Å². The number of allylic oxidation sites excluding steroid dienone is 1. The molecule has 31 heavy (non-hydrogen) atoms. The fraction of sp³-hybridized carbons (Fsp3) is 0.375. The first kappa shape index (κ1) is 22.5. The molecule has 0 fully saturated rings. The fourth-order valence-electron chi connectivity index (χ4n) is 4.01. The van der Waals surface area contributed by atoms with Gasteiger partial charge in [0, 0.05) is 23.6 Å². The molecule has 0 unspecified atom stereocenters. The molecule has 166 valence electrons. The molecule has 3 rings (SSSR count). The molecule has 7 heteroatoms. The summed E-state index contributed by atoms with van der Waals surface area (Å²) in [5, 5.41) is 19.6. The largest absolute Gasteiger partial charge is 0.504 e. The first-order valence-corrected chi connectivity index (χ1v) is 10.1. The van der Waals surface area contributed by atoms with Gasteiger partial charge in [-0.25, -0.2) is 0 Å². The Morgan fingerprint density at radius 3 is 2.52 bits per heavy atom. The van der Waals surface area contributed by atoms with Gasteiger partial charge in [0.15, 0.2) is 23.0 Å². The number of hydrogen-bond acceptors (Lipinski definition) is 6. The Bertz CT molecular complexity index is 1000. The van der Waals surface area contributed by atoms with Crippen LogP contribution >= 0.6 is 0 Å². The molecule has 0 saturated heterocycles. The molecule has 1 heterocycles. The molecular weight excluding hydrogens is 398 g/mol. The summed E-state index contributed by atoms with van der Waals surface area (Å²) in [6.45, 7) is 4.17. The SMILES string of the molecule is CC=Cc1cc(OC)c2c(c1)[C@H](C)[C@@H](c1cc(CN(C)CC(=O)O)c(O)c(OC)c1)O2. The average Bonchev–Trinajstić information content (AvgIpc) is 3.05. The number of phenols is 1. The number of carboxylic acids is 1. The zero-order valence-corrected chi connectivity index (χ0v) is 18.5. The highest BCUT2D eigenvalue weighted by atomic mass is 16.5. The molecule has 2 aromatic rings. The zero-order valence-electron chi connectivity index (χ0n) is 18.5. The molecule has 2 N–H and O–H groups in total. The van der Waals surface area contributed by atoms with Crippen molar-refractivity contribution < 1.29 is 29.2 Å². The molecule has 0 aliphatic carbocycles. The number of methoxy groups -OCH3 is 2. The van der Waals surface area contributed by atoms with Gasteiger partial charge in [0.1, 0.15) is 6.10 Å². The lowest BCUT2D eigenvalue weighted by molar-refractivity contribution is -0.138. The maximum Gasteiger partial charge on any atom is 0.317 e. The van der Waals surface area contributed by atoms with Crippen LogP contribution in [0, 0.1) is 0 Å². The molecule has 0 saturated carbocycles. The lowest BCUT2D eigenvalue weighted by Gasteiger charge is -2.21. The number of rotatable bonds is 8. The van der Waals surface area contributed by atoms with Gasteiger partial charge in [0.25, 0.3) is 0 Å². The molecule has 2 atom stereocenters. The predicted octanol–water partition coefficient (Wildman–Crippen LogP) is 4.20. The van der Waals surface area contributed by atoms with Crippen LogP contribution in [0.1, 0.15) is 48.1 Å². The summed E-state index contributed by atoms with van der Waals surface area (Å²) >= 11 is 0. The first-order valence-electron chi connectivity index (χ1n) is 10.1. The van der Waals surface area contributed by atoms with E-state index in [2.05, 4.69) is 13.0 Å². The molecule has 0 spiro atoms. The standard InChI is InChI=1S/C24H29NO6/c1-6-7-15-8-18-14(2)23(31-24(18)20(9-15)30-5)16-10-17(12-25(3)13-21(26)27)22(28)19(11-16)29-4/h6-11,14,23,28H,12-13H2,1-5H3,(H,26,27)/t14-,23-/m0/s1. The highest BCUT2D eigenvalue weighted by molar-refractivity contribution is 5.69. The monoisotopic (exact) mass is 427 g/mol. The summed E-state index contributed by atoms with van der Waals surface area (Å²) in [7, 11) is 4.80. The summed E-state index contributed by atoms with van der Waals surface area (Å²) in [5.41, 5.74) is 3.50. The molecule has 1 aliphatic heterocycles. The minimum absolute atomic E-state index is 0.000368. The number of carbonyl (C=O) groups is 1. The van der Waals surface area contributed by atoms with Gasteiger partial charge in [-0.2, -0.15) is 0 Å². The Morgan fingerprint density at radius 2 is 1.90 bits per heavy atom. The number of likely N-dealkylation sites (N-methyl/N-ethyl adjacent to an activating group) is 1. The van der Waals surface area contributed by atoms with Crippen LogP contribution in [0.5, 0.6) is 23.0 Å². The van der Waals surface area contributed by atoms with Gasteiger partial charge in [-0.15, -0.1) is 0 Å². The minimum atomic E-state index is -0.933. The minimum Gasteiger partial charge on any atom is -0.504 e. The quantitative estimate of drug-likeness (QED) is 0.653. The third-order valence-electron chi connectivity index (χ3n) is 5.44. The van der Waals surface area contributed by atoms with Crippen LogP contribution in [0.3, 0.4) is 0 Å². The van der Waals surface area contributed by atoms with Crippen LogP contribution in [0.2, 0.25) is 0 Å². The summed E-state index contributed by atoms with van der Waals surface area (Å²) in [6, 6.07) is 7.66. The van der Waals surface area contributed by atoms with Crippen molar-refractivity contribution in [2.45, 2.75) is 32.4 Å². The zero-order chi connectivity index (χ0) is 22.7. The summed E-state index contributed by atoms with van der Waals surface area (Å²) in [5.74, 6) is 0.811. The average molecular weight is 427 g/mol. The molecule has 7 nitrogen and oxygen atoms in total. The van der Waals surface area contributed by atoms with Crippen LogP contribution < -0.4 is 14.2 Å². The van der Waals surface area contributed by atoms with Gasteiger partial charge in [0.2, 0.25) is 0 Å². The Hall–Kier alpha value is -3.19. The molecule has 0 amide bonds. The lowest BCUT2D eigenvalue weighted by atomic mass is 9.90. The van der Waals surface area contributed by atoms with E-state index >= 15 is 0 Å². The second-order valence-electron chi connectivity index (χ2n) is 7.77. The number of nitrogens with zero attached hydrogens (tertiary/aromatic N) is 1. The van der Waals surface area contributed by atoms with Crippen molar-refractivity contribution in [3.8, 4) is 23.0 Å². The van der Waals surface area contributed by atoms with Crippen molar-refractivity contribution >= 4 is 12.0 Å². The van der Waals surface area contributed by atoms with Crippen molar-refractivity contribution in [1.82, 2.24) is 4.90 Å². The van der Waals surface area contributed by atoms with Crippen molar-refractivity contribution in [2.24, 2.45) is 0 Å². The maximum absolute atomic E-state index is 11.0. The van der Waals surface area contributed by atoms with Crippen LogP contribution in [0.15, 0.2) is 30.3 Å². The number of ether oxygens (including phenoxy) is 3. The number of benzene rings is 2. The smallest absolute Gasteiger partial charge is 0.317 e. The number of hydrogen-bond donors (Lipinski definition) is 2. The second-order valence-corrected chi connectivity index (χ2v) is 7.77. The van der Waals surface area contributed by atoms with E-state index in [-0.39, 0.29) is 30.9 Å². The number of aromatic hydroxyl groups is 1. The Kier molecular flexibility index (Phi) is 6.75. The van der Waals surface area contributed by atoms with Crippen LogP contribution in [0.4, 0.5) is 0 Å². The Morgan fingerprint density at radius 1 is 1.19 bits per heavy atom. The number of carboxylic acid groups (broad SMARTS) is 1. The topological polar surface area (TPSA) is 88.5 Å². The van der Waals surface area contributed by atoms with Crippen LogP contribution in [-0.4, -0.2) is 48.9 Å². The molecule has 0 radical (unpaired) electrons. The normalized spacial score (nSPS) is 17.6. The number of fused-ring (bicyclic) bond motifs is 1. The Balaban J connectivity index is 2.00. The van der Waals surface area contributed by atoms with Crippen LogP contribution in [-0.2, 0) is 11.3 Å². The molecule has 1 aliphatic rings.